The summed E-state index contributed by atoms with van der Waals surface area (Å²) < 4.78 is 6.95. The first-order valence-electron chi connectivity index (χ1n) is 7.59. The molecule has 0 fully saturated rings. The molecule has 1 aromatic heterocycles. The summed E-state index contributed by atoms with van der Waals surface area (Å²) in [6, 6.07) is 15.9. The van der Waals surface area contributed by atoms with Gasteiger partial charge in [-0.3, -0.25) is 4.79 Å². The number of hydrogen-bond donors (Lipinski definition) is 1. The van der Waals surface area contributed by atoms with E-state index in [1.165, 1.54) is 0 Å². The van der Waals surface area contributed by atoms with E-state index in [4.69, 9.17) is 10.00 Å². The van der Waals surface area contributed by atoms with Crippen molar-refractivity contribution in [2.24, 2.45) is 7.05 Å². The highest BCUT2D eigenvalue weighted by Gasteiger charge is 2.16. The Labute approximate surface area is 144 Å². The maximum atomic E-state index is 12.3. The van der Waals surface area contributed by atoms with Crippen molar-refractivity contribution in [3.05, 3.63) is 65.9 Å². The van der Waals surface area contributed by atoms with Gasteiger partial charge in [-0.2, -0.15) is 5.26 Å². The summed E-state index contributed by atoms with van der Waals surface area (Å²) in [4.78, 5) is 24.2. The average molecular weight is 333 g/mol. The number of carbonyl (C=O) groups is 2. The Bertz CT molecular complexity index is 981. The van der Waals surface area contributed by atoms with Crippen LogP contribution in [0, 0.1) is 11.3 Å². The lowest BCUT2D eigenvalue weighted by molar-refractivity contribution is -0.119. The second-order valence-electron chi connectivity index (χ2n) is 5.48. The number of fused-ring (bicyclic) bond motifs is 1. The fraction of sp³-hybridized carbons (Fsp3) is 0.105. The van der Waals surface area contributed by atoms with Gasteiger partial charge in [-0.05, 0) is 30.3 Å². The number of aryl methyl sites for hydroxylation is 1. The summed E-state index contributed by atoms with van der Waals surface area (Å²) in [5.41, 5.74) is 2.37. The second kappa shape index (κ2) is 6.89. The molecular formula is C19H15N3O3. The van der Waals surface area contributed by atoms with Crippen LogP contribution in [0.1, 0.15) is 15.9 Å². The zero-order chi connectivity index (χ0) is 17.8. The maximum Gasteiger partial charge on any atom is 0.340 e. The van der Waals surface area contributed by atoms with E-state index in [-0.39, 0.29) is 6.61 Å². The van der Waals surface area contributed by atoms with Crippen LogP contribution >= 0.6 is 0 Å². The number of anilines is 1. The minimum Gasteiger partial charge on any atom is -0.452 e. The number of nitrogens with one attached hydrogen (secondary N) is 1. The van der Waals surface area contributed by atoms with E-state index in [0.29, 0.717) is 16.8 Å². The van der Waals surface area contributed by atoms with Crippen molar-refractivity contribution in [3.63, 3.8) is 0 Å². The van der Waals surface area contributed by atoms with E-state index in [1.54, 1.807) is 30.5 Å². The Balaban J connectivity index is 1.63. The molecule has 0 saturated carbocycles. The molecule has 6 heteroatoms. The molecule has 1 heterocycles. The Morgan fingerprint density at radius 1 is 1.16 bits per heavy atom. The molecule has 124 valence electrons. The van der Waals surface area contributed by atoms with Crippen LogP contribution in [0.15, 0.2) is 54.7 Å². The molecule has 3 aromatic rings. The molecule has 25 heavy (non-hydrogen) atoms. The molecule has 0 saturated heterocycles. The van der Waals surface area contributed by atoms with Gasteiger partial charge in [0.15, 0.2) is 6.61 Å². The van der Waals surface area contributed by atoms with Gasteiger partial charge in [0.25, 0.3) is 5.91 Å². The molecule has 0 radical (unpaired) electrons. The first kappa shape index (κ1) is 16.3. The normalized spacial score (nSPS) is 10.2. The van der Waals surface area contributed by atoms with Crippen molar-refractivity contribution in [1.82, 2.24) is 4.57 Å². The fourth-order valence-corrected chi connectivity index (χ4v) is 2.54. The lowest BCUT2D eigenvalue weighted by atomic mass is 10.2. The van der Waals surface area contributed by atoms with Crippen LogP contribution in [0.3, 0.4) is 0 Å². The van der Waals surface area contributed by atoms with E-state index in [0.717, 1.165) is 10.9 Å². The SMILES string of the molecule is Cn1cc(C(=O)OCC(=O)Nc2ccc(C#N)cc2)c2ccccc21. The van der Waals surface area contributed by atoms with Gasteiger partial charge in [0.05, 0.1) is 17.2 Å². The molecule has 0 bridgehead atoms. The van der Waals surface area contributed by atoms with Crippen LogP contribution in [0.5, 0.6) is 0 Å². The number of ether oxygens (including phenoxy) is 1. The van der Waals surface area contributed by atoms with Crippen molar-refractivity contribution >= 4 is 28.5 Å². The van der Waals surface area contributed by atoms with Crippen LogP contribution in [0.2, 0.25) is 0 Å². The standard InChI is InChI=1S/C19H15N3O3/c1-22-11-16(15-4-2-3-5-17(15)22)19(24)25-12-18(23)21-14-8-6-13(10-20)7-9-14/h2-9,11H,12H2,1H3,(H,21,23). The Kier molecular flexibility index (Phi) is 4.48. The maximum absolute atomic E-state index is 12.3. The topological polar surface area (TPSA) is 84.1 Å². The van der Waals surface area contributed by atoms with Gasteiger partial charge in [0.2, 0.25) is 0 Å². The van der Waals surface area contributed by atoms with Crippen molar-refractivity contribution in [3.8, 4) is 6.07 Å². The van der Waals surface area contributed by atoms with Gasteiger partial charge in [-0.25, -0.2) is 4.79 Å². The summed E-state index contributed by atoms with van der Waals surface area (Å²) in [6.45, 7) is -0.387. The summed E-state index contributed by atoms with van der Waals surface area (Å²) in [5, 5.41) is 12.1. The number of benzene rings is 2. The minimum atomic E-state index is -0.549. The number of para-hydroxylation sites is 1. The summed E-state index contributed by atoms with van der Waals surface area (Å²) in [5.74, 6) is -0.995. The molecule has 0 aliphatic rings. The number of amides is 1. The summed E-state index contributed by atoms with van der Waals surface area (Å²) in [7, 11) is 1.84. The molecule has 3 rings (SSSR count). The van der Waals surface area contributed by atoms with Gasteiger partial charge >= 0.3 is 5.97 Å². The zero-order valence-corrected chi connectivity index (χ0v) is 13.5. The third kappa shape index (κ3) is 3.51. The van der Waals surface area contributed by atoms with Crippen molar-refractivity contribution in [1.29, 1.82) is 5.26 Å². The largest absolute Gasteiger partial charge is 0.452 e. The number of aromatic nitrogens is 1. The monoisotopic (exact) mass is 333 g/mol. The summed E-state index contributed by atoms with van der Waals surface area (Å²) >= 11 is 0. The third-order valence-electron chi connectivity index (χ3n) is 3.75. The van der Waals surface area contributed by atoms with E-state index in [9.17, 15) is 9.59 Å². The molecule has 0 aliphatic heterocycles. The quantitative estimate of drug-likeness (QED) is 0.744. The highest BCUT2D eigenvalue weighted by molar-refractivity contribution is 6.05. The van der Waals surface area contributed by atoms with Crippen LogP contribution in [-0.2, 0) is 16.6 Å². The van der Waals surface area contributed by atoms with E-state index < -0.39 is 11.9 Å². The van der Waals surface area contributed by atoms with Gasteiger partial charge in [0, 0.05) is 29.8 Å². The first-order valence-corrected chi connectivity index (χ1v) is 7.59. The second-order valence-corrected chi connectivity index (χ2v) is 5.48. The predicted molar refractivity (Wildman–Crippen MR) is 93.0 cm³/mol. The molecule has 0 spiro atoms. The lowest BCUT2D eigenvalue weighted by Crippen LogP contribution is -2.20. The predicted octanol–water partition coefficient (Wildman–Crippen LogP) is 2.85. The number of rotatable bonds is 4. The lowest BCUT2D eigenvalue weighted by Gasteiger charge is -2.06. The fourth-order valence-electron chi connectivity index (χ4n) is 2.54. The van der Waals surface area contributed by atoms with Crippen LogP contribution in [0.25, 0.3) is 10.9 Å². The van der Waals surface area contributed by atoms with Gasteiger partial charge < -0.3 is 14.6 Å². The molecule has 2 aromatic carbocycles. The third-order valence-corrected chi connectivity index (χ3v) is 3.75. The average Bonchev–Trinajstić information content (AvgIpc) is 2.98. The molecule has 0 unspecified atom stereocenters. The molecule has 0 aliphatic carbocycles. The zero-order valence-electron chi connectivity index (χ0n) is 13.5. The minimum absolute atomic E-state index is 0.387. The van der Waals surface area contributed by atoms with E-state index >= 15 is 0 Å². The van der Waals surface area contributed by atoms with Crippen molar-refractivity contribution in [2.45, 2.75) is 0 Å². The highest BCUT2D eigenvalue weighted by atomic mass is 16.5. The highest BCUT2D eigenvalue weighted by Crippen LogP contribution is 2.21. The number of esters is 1. The Hall–Kier alpha value is -3.59. The van der Waals surface area contributed by atoms with E-state index in [2.05, 4.69) is 5.32 Å². The van der Waals surface area contributed by atoms with Gasteiger partial charge in [0.1, 0.15) is 0 Å². The molecule has 1 amide bonds. The molecule has 0 atom stereocenters. The molecule has 6 nitrogen and oxygen atoms in total. The Morgan fingerprint density at radius 3 is 2.60 bits per heavy atom. The first-order chi connectivity index (χ1) is 12.1. The van der Waals surface area contributed by atoms with Crippen LogP contribution in [0.4, 0.5) is 5.69 Å². The van der Waals surface area contributed by atoms with Gasteiger partial charge in [-0.15, -0.1) is 0 Å². The smallest absolute Gasteiger partial charge is 0.340 e. The Morgan fingerprint density at radius 2 is 1.88 bits per heavy atom. The number of hydrogen-bond acceptors (Lipinski definition) is 4. The van der Waals surface area contributed by atoms with Crippen LogP contribution in [-0.4, -0.2) is 23.1 Å². The molecular weight excluding hydrogens is 318 g/mol. The van der Waals surface area contributed by atoms with E-state index in [1.807, 2.05) is 41.9 Å². The summed E-state index contributed by atoms with van der Waals surface area (Å²) in [6.07, 6.45) is 1.69. The number of nitriles is 1. The van der Waals surface area contributed by atoms with Crippen LogP contribution < -0.4 is 5.32 Å². The van der Waals surface area contributed by atoms with Crippen molar-refractivity contribution in [2.75, 3.05) is 11.9 Å². The number of carbonyl (C=O) groups excluding carboxylic acids is 2. The molecule has 1 N–H and O–H groups in total. The van der Waals surface area contributed by atoms with Gasteiger partial charge in [-0.1, -0.05) is 18.2 Å². The number of nitrogens with zero attached hydrogens (tertiary/aromatic N) is 2. The van der Waals surface area contributed by atoms with Crippen molar-refractivity contribution < 1.29 is 14.3 Å².